The maximum Gasteiger partial charge on any atom is 0.339 e. The topological polar surface area (TPSA) is 71.2 Å². The van der Waals surface area contributed by atoms with Crippen molar-refractivity contribution >= 4 is 11.9 Å². The number of rotatable bonds is 6. The van der Waals surface area contributed by atoms with Gasteiger partial charge in [-0.15, -0.1) is 0 Å². The fraction of sp³-hybridized carbons (Fsp3) is 0.333. The zero-order valence-corrected chi connectivity index (χ0v) is 14.0. The first kappa shape index (κ1) is 17.7. The molecule has 5 nitrogen and oxygen atoms in total. The summed E-state index contributed by atoms with van der Waals surface area (Å²) in [4.78, 5) is 27.2. The van der Waals surface area contributed by atoms with Crippen LogP contribution in [0.1, 0.15) is 44.6 Å². The van der Waals surface area contributed by atoms with Crippen molar-refractivity contribution in [3.8, 4) is 0 Å². The van der Waals surface area contributed by atoms with Crippen molar-refractivity contribution in [3.63, 3.8) is 0 Å². The third-order valence-corrected chi connectivity index (χ3v) is 3.94. The van der Waals surface area contributed by atoms with Gasteiger partial charge in [0, 0.05) is 12.2 Å². The molecule has 0 atom stereocenters. The average molecular weight is 332 g/mol. The minimum absolute atomic E-state index is 0.288. The lowest BCUT2D eigenvalue weighted by Gasteiger charge is -2.06. The molecule has 24 heavy (non-hydrogen) atoms. The van der Waals surface area contributed by atoms with Crippen LogP contribution >= 0.6 is 0 Å². The molecule has 0 aliphatic carbocycles. The molecule has 1 heterocycles. The number of carbonyl (C=O) groups is 2. The van der Waals surface area contributed by atoms with E-state index in [0.29, 0.717) is 47.5 Å². The van der Waals surface area contributed by atoms with Gasteiger partial charge in [-0.2, -0.15) is 0 Å². The number of amides is 1. The number of carbonyl (C=O) groups excluding carboxylic acids is 2. The van der Waals surface area contributed by atoms with Crippen LogP contribution in [0.25, 0.3) is 0 Å². The number of nitrogens with one attached hydrogen (secondary N) is 2. The van der Waals surface area contributed by atoms with Gasteiger partial charge in [-0.05, 0) is 37.0 Å². The molecule has 0 bridgehead atoms. The standard InChI is InChI=1S/C18H21FN2O3/c1-4-14-15(18(23)24-3)11(2)16(21-14)17(22)20-10-9-12-7-5-6-8-13(12)19/h5-8,21H,4,9-10H2,1-3H3,(H,20,22). The van der Waals surface area contributed by atoms with E-state index >= 15 is 0 Å². The van der Waals surface area contributed by atoms with Crippen LogP contribution in [0.2, 0.25) is 0 Å². The molecule has 2 aromatic rings. The Morgan fingerprint density at radius 2 is 2.00 bits per heavy atom. The van der Waals surface area contributed by atoms with Crippen LogP contribution in [0.5, 0.6) is 0 Å². The van der Waals surface area contributed by atoms with Crippen LogP contribution < -0.4 is 5.32 Å². The summed E-state index contributed by atoms with van der Waals surface area (Å²) in [6.45, 7) is 3.89. The second-order valence-electron chi connectivity index (χ2n) is 5.42. The molecule has 0 spiro atoms. The largest absolute Gasteiger partial charge is 0.465 e. The summed E-state index contributed by atoms with van der Waals surface area (Å²) in [6.07, 6.45) is 0.969. The minimum Gasteiger partial charge on any atom is -0.465 e. The lowest BCUT2D eigenvalue weighted by molar-refractivity contribution is 0.0599. The Labute approximate surface area is 140 Å². The van der Waals surface area contributed by atoms with Crippen LogP contribution in [-0.2, 0) is 17.6 Å². The Morgan fingerprint density at radius 3 is 2.62 bits per heavy atom. The van der Waals surface area contributed by atoms with Crippen LogP contribution in [0.15, 0.2) is 24.3 Å². The quantitative estimate of drug-likeness (QED) is 0.799. The maximum atomic E-state index is 13.6. The number of benzene rings is 1. The number of halogens is 1. The molecule has 0 saturated carbocycles. The number of aryl methyl sites for hydroxylation is 1. The fourth-order valence-electron chi connectivity index (χ4n) is 2.63. The van der Waals surface area contributed by atoms with Gasteiger partial charge in [0.05, 0.1) is 12.7 Å². The van der Waals surface area contributed by atoms with Crippen LogP contribution in [0.3, 0.4) is 0 Å². The predicted molar refractivity (Wildman–Crippen MR) is 88.7 cm³/mol. The Morgan fingerprint density at radius 1 is 1.29 bits per heavy atom. The van der Waals surface area contributed by atoms with E-state index in [-0.39, 0.29) is 11.7 Å². The molecule has 0 aliphatic rings. The molecule has 0 saturated heterocycles. The number of esters is 1. The number of aromatic nitrogens is 1. The van der Waals surface area contributed by atoms with E-state index in [1.165, 1.54) is 13.2 Å². The minimum atomic E-state index is -0.467. The molecule has 0 radical (unpaired) electrons. The van der Waals surface area contributed by atoms with Crippen LogP contribution in [0.4, 0.5) is 4.39 Å². The molecule has 128 valence electrons. The summed E-state index contributed by atoms with van der Waals surface area (Å²) >= 11 is 0. The molecule has 2 rings (SSSR count). The number of aromatic amines is 1. The Bertz CT molecular complexity index is 753. The van der Waals surface area contributed by atoms with E-state index in [4.69, 9.17) is 4.74 Å². The Kier molecular flexibility index (Phi) is 5.73. The van der Waals surface area contributed by atoms with Gasteiger partial charge in [0.15, 0.2) is 0 Å². The number of ether oxygens (including phenoxy) is 1. The zero-order valence-electron chi connectivity index (χ0n) is 14.0. The monoisotopic (exact) mass is 332 g/mol. The first-order chi connectivity index (χ1) is 11.5. The first-order valence-electron chi connectivity index (χ1n) is 7.80. The Balaban J connectivity index is 2.09. The van der Waals surface area contributed by atoms with Crippen molar-refractivity contribution in [1.82, 2.24) is 10.3 Å². The molecular weight excluding hydrogens is 311 g/mol. The molecule has 0 unspecified atom stereocenters. The van der Waals surface area contributed by atoms with Gasteiger partial charge in [-0.3, -0.25) is 4.79 Å². The molecule has 6 heteroatoms. The summed E-state index contributed by atoms with van der Waals surface area (Å²) in [5, 5.41) is 2.75. The average Bonchev–Trinajstić information content (AvgIpc) is 2.92. The molecule has 0 aliphatic heterocycles. The normalized spacial score (nSPS) is 10.5. The maximum absolute atomic E-state index is 13.6. The molecule has 0 fully saturated rings. The van der Waals surface area contributed by atoms with Crippen LogP contribution in [0, 0.1) is 12.7 Å². The van der Waals surface area contributed by atoms with Crippen molar-refractivity contribution in [2.24, 2.45) is 0 Å². The van der Waals surface area contributed by atoms with Gasteiger partial charge >= 0.3 is 5.97 Å². The number of methoxy groups -OCH3 is 1. The highest BCUT2D eigenvalue weighted by Crippen LogP contribution is 2.20. The number of H-pyrrole nitrogens is 1. The SMILES string of the molecule is CCc1[nH]c(C(=O)NCCc2ccccc2F)c(C)c1C(=O)OC. The summed E-state index contributed by atoms with van der Waals surface area (Å²) in [5.74, 6) is -1.08. The van der Waals surface area contributed by atoms with Gasteiger partial charge in [-0.1, -0.05) is 25.1 Å². The van der Waals surface area contributed by atoms with Gasteiger partial charge in [0.1, 0.15) is 11.5 Å². The smallest absolute Gasteiger partial charge is 0.339 e. The van der Waals surface area contributed by atoms with Gasteiger partial charge in [0.2, 0.25) is 0 Å². The highest BCUT2D eigenvalue weighted by molar-refractivity contribution is 6.00. The van der Waals surface area contributed by atoms with Crippen molar-refractivity contribution in [3.05, 3.63) is 58.2 Å². The third-order valence-electron chi connectivity index (χ3n) is 3.94. The van der Waals surface area contributed by atoms with Gasteiger partial charge < -0.3 is 15.0 Å². The summed E-state index contributed by atoms with van der Waals surface area (Å²) in [5.41, 5.74) is 2.51. The highest BCUT2D eigenvalue weighted by atomic mass is 19.1. The molecule has 1 aromatic carbocycles. The number of hydrogen-bond donors (Lipinski definition) is 2. The summed E-state index contributed by atoms with van der Waals surface area (Å²) < 4.78 is 18.3. The van der Waals surface area contributed by atoms with Crippen molar-refractivity contribution in [2.75, 3.05) is 13.7 Å². The second-order valence-corrected chi connectivity index (χ2v) is 5.42. The summed E-state index contributed by atoms with van der Waals surface area (Å²) in [7, 11) is 1.31. The van der Waals surface area contributed by atoms with Crippen molar-refractivity contribution in [2.45, 2.75) is 26.7 Å². The lowest BCUT2D eigenvalue weighted by atomic mass is 10.1. The lowest BCUT2D eigenvalue weighted by Crippen LogP contribution is -2.27. The first-order valence-corrected chi connectivity index (χ1v) is 7.80. The Hall–Kier alpha value is -2.63. The van der Waals surface area contributed by atoms with E-state index in [1.807, 2.05) is 6.92 Å². The predicted octanol–water partition coefficient (Wildman–Crippen LogP) is 2.78. The van der Waals surface area contributed by atoms with Crippen LogP contribution in [-0.4, -0.2) is 30.5 Å². The van der Waals surface area contributed by atoms with E-state index in [2.05, 4.69) is 10.3 Å². The van der Waals surface area contributed by atoms with Gasteiger partial charge in [0.25, 0.3) is 5.91 Å². The van der Waals surface area contributed by atoms with E-state index < -0.39 is 5.97 Å². The fourth-order valence-corrected chi connectivity index (χ4v) is 2.63. The highest BCUT2D eigenvalue weighted by Gasteiger charge is 2.23. The summed E-state index contributed by atoms with van der Waals surface area (Å²) in [6, 6.07) is 6.46. The van der Waals surface area contributed by atoms with E-state index in [9.17, 15) is 14.0 Å². The molecule has 1 amide bonds. The zero-order chi connectivity index (χ0) is 17.7. The third kappa shape index (κ3) is 3.64. The molecule has 1 aromatic heterocycles. The van der Waals surface area contributed by atoms with Crippen molar-refractivity contribution < 1.29 is 18.7 Å². The van der Waals surface area contributed by atoms with E-state index in [0.717, 1.165) is 0 Å². The van der Waals surface area contributed by atoms with E-state index in [1.54, 1.807) is 25.1 Å². The van der Waals surface area contributed by atoms with Crippen molar-refractivity contribution in [1.29, 1.82) is 0 Å². The molecule has 2 N–H and O–H groups in total. The number of hydrogen-bond acceptors (Lipinski definition) is 3. The van der Waals surface area contributed by atoms with Gasteiger partial charge in [-0.25, -0.2) is 9.18 Å². The second kappa shape index (κ2) is 7.77. The molecular formula is C18H21FN2O3.